The van der Waals surface area contributed by atoms with Gasteiger partial charge in [0.1, 0.15) is 6.54 Å². The van der Waals surface area contributed by atoms with Crippen LogP contribution in [0.5, 0.6) is 0 Å². The fourth-order valence-corrected chi connectivity index (χ4v) is 5.09. The Bertz CT molecular complexity index is 551. The van der Waals surface area contributed by atoms with Crippen LogP contribution in [0.1, 0.15) is 51.4 Å². The lowest BCUT2D eigenvalue weighted by atomic mass is 9.81. The van der Waals surface area contributed by atoms with Crippen LogP contribution < -0.4 is 10.6 Å². The van der Waals surface area contributed by atoms with Gasteiger partial charge < -0.3 is 15.4 Å². The molecule has 4 fully saturated rings. The number of amides is 3. The van der Waals surface area contributed by atoms with Crippen molar-refractivity contribution in [2.75, 3.05) is 19.6 Å². The normalized spacial score (nSPS) is 33.0. The van der Waals surface area contributed by atoms with E-state index in [1.807, 2.05) is 0 Å². The van der Waals surface area contributed by atoms with Crippen LogP contribution in [-0.2, 0) is 19.1 Å². The molecule has 7 nitrogen and oxygen atoms in total. The van der Waals surface area contributed by atoms with Crippen molar-refractivity contribution in [1.82, 2.24) is 15.5 Å². The standard InChI is InChI=1S/C19H29N3O4.ClH/c23-15(21-10-9-20-12-5-3-1-2-4-6-12)11-22-18(24)16-13-7-8-14(26-13)17(16)19(22)25;/h12-14,16-17,20H,1-11H2,(H,21,23);1H. The second-order valence-corrected chi connectivity index (χ2v) is 8.10. The highest BCUT2D eigenvalue weighted by molar-refractivity contribution is 6.08. The molecule has 2 N–H and O–H groups in total. The molecule has 2 bridgehead atoms. The molecule has 3 heterocycles. The average molecular weight is 400 g/mol. The first-order valence-corrected chi connectivity index (χ1v) is 10.2. The minimum atomic E-state index is -0.356. The second-order valence-electron chi connectivity index (χ2n) is 8.10. The van der Waals surface area contributed by atoms with Gasteiger partial charge in [0.05, 0.1) is 24.0 Å². The quantitative estimate of drug-likeness (QED) is 0.395. The van der Waals surface area contributed by atoms with Gasteiger partial charge >= 0.3 is 0 Å². The number of likely N-dealkylation sites (tertiary alicyclic amines) is 1. The van der Waals surface area contributed by atoms with E-state index < -0.39 is 0 Å². The van der Waals surface area contributed by atoms with Gasteiger partial charge in [0.25, 0.3) is 0 Å². The summed E-state index contributed by atoms with van der Waals surface area (Å²) < 4.78 is 5.70. The molecule has 0 aromatic rings. The molecule has 4 unspecified atom stereocenters. The molecule has 0 aromatic carbocycles. The molecule has 152 valence electrons. The first kappa shape index (κ1) is 20.6. The highest BCUT2D eigenvalue weighted by Crippen LogP contribution is 2.48. The third-order valence-electron chi connectivity index (χ3n) is 6.41. The van der Waals surface area contributed by atoms with Crippen molar-refractivity contribution in [1.29, 1.82) is 0 Å². The number of nitrogens with zero attached hydrogens (tertiary/aromatic N) is 1. The number of hydrogen-bond donors (Lipinski definition) is 2. The van der Waals surface area contributed by atoms with Crippen molar-refractivity contribution in [3.8, 4) is 0 Å². The molecule has 27 heavy (non-hydrogen) atoms. The molecule has 4 rings (SSSR count). The summed E-state index contributed by atoms with van der Waals surface area (Å²) in [5.41, 5.74) is 0. The molecule has 3 amide bonds. The van der Waals surface area contributed by atoms with Gasteiger partial charge in [-0.2, -0.15) is 0 Å². The summed E-state index contributed by atoms with van der Waals surface area (Å²) >= 11 is 0. The van der Waals surface area contributed by atoms with Gasteiger partial charge in [-0.3, -0.25) is 19.3 Å². The molecule has 1 saturated carbocycles. The summed E-state index contributed by atoms with van der Waals surface area (Å²) in [6.45, 7) is 1.09. The SMILES string of the molecule is Cl.O=C(CN1C(=O)C2C3CCC(O3)C2C1=O)NCCNC1CCCCCC1. The maximum absolute atomic E-state index is 12.5. The highest BCUT2D eigenvalue weighted by atomic mass is 35.5. The number of rotatable bonds is 6. The molecule has 3 aliphatic heterocycles. The van der Waals surface area contributed by atoms with Crippen molar-refractivity contribution >= 4 is 30.1 Å². The van der Waals surface area contributed by atoms with Crippen LogP contribution in [0, 0.1) is 11.8 Å². The first-order chi connectivity index (χ1) is 12.6. The molecule has 0 aromatic heterocycles. The summed E-state index contributed by atoms with van der Waals surface area (Å²) in [6, 6.07) is 0.547. The predicted molar refractivity (Wildman–Crippen MR) is 101 cm³/mol. The van der Waals surface area contributed by atoms with Crippen LogP contribution in [0.15, 0.2) is 0 Å². The molecular weight excluding hydrogens is 370 g/mol. The summed E-state index contributed by atoms with van der Waals surface area (Å²) in [4.78, 5) is 38.4. The van der Waals surface area contributed by atoms with Crippen molar-refractivity contribution in [3.63, 3.8) is 0 Å². The second kappa shape index (κ2) is 8.88. The topological polar surface area (TPSA) is 87.7 Å². The molecule has 0 spiro atoms. The Balaban J connectivity index is 0.00000210. The predicted octanol–water partition coefficient (Wildman–Crippen LogP) is 0.999. The van der Waals surface area contributed by atoms with Gasteiger partial charge in [-0.1, -0.05) is 25.7 Å². The maximum Gasteiger partial charge on any atom is 0.240 e. The summed E-state index contributed by atoms with van der Waals surface area (Å²) in [7, 11) is 0. The number of carbonyl (C=O) groups is 3. The largest absolute Gasteiger partial charge is 0.373 e. The molecule has 1 aliphatic carbocycles. The molecular formula is C19H30ClN3O4. The fraction of sp³-hybridized carbons (Fsp3) is 0.842. The number of ether oxygens (including phenoxy) is 1. The molecule has 4 aliphatic rings. The summed E-state index contributed by atoms with van der Waals surface area (Å²) in [6.07, 6.45) is 9.04. The third kappa shape index (κ3) is 4.15. The van der Waals surface area contributed by atoms with E-state index in [2.05, 4.69) is 10.6 Å². The van der Waals surface area contributed by atoms with Crippen LogP contribution in [-0.4, -0.2) is 60.5 Å². The monoisotopic (exact) mass is 399 g/mol. The van der Waals surface area contributed by atoms with Crippen LogP contribution in [0.4, 0.5) is 0 Å². The van der Waals surface area contributed by atoms with Crippen LogP contribution in [0.25, 0.3) is 0 Å². The van der Waals surface area contributed by atoms with Gasteiger partial charge in [0.15, 0.2) is 0 Å². The molecule has 8 heteroatoms. The van der Waals surface area contributed by atoms with Gasteiger partial charge in [-0.15, -0.1) is 12.4 Å². The third-order valence-corrected chi connectivity index (χ3v) is 6.41. The first-order valence-electron chi connectivity index (χ1n) is 10.2. The van der Waals surface area contributed by atoms with Crippen LogP contribution in [0.3, 0.4) is 0 Å². The molecule has 0 radical (unpaired) electrons. The van der Waals surface area contributed by atoms with Crippen molar-refractivity contribution in [2.24, 2.45) is 11.8 Å². The van der Waals surface area contributed by atoms with Crippen molar-refractivity contribution in [2.45, 2.75) is 69.6 Å². The number of hydrogen-bond acceptors (Lipinski definition) is 5. The molecule has 3 saturated heterocycles. The lowest BCUT2D eigenvalue weighted by Gasteiger charge is -2.18. The zero-order valence-electron chi connectivity index (χ0n) is 15.7. The van der Waals surface area contributed by atoms with Gasteiger partial charge in [0, 0.05) is 19.1 Å². The van der Waals surface area contributed by atoms with E-state index in [0.29, 0.717) is 12.6 Å². The van der Waals surface area contributed by atoms with E-state index in [1.54, 1.807) is 0 Å². The summed E-state index contributed by atoms with van der Waals surface area (Å²) in [5.74, 6) is -1.42. The number of halogens is 1. The van der Waals surface area contributed by atoms with E-state index >= 15 is 0 Å². The van der Waals surface area contributed by atoms with E-state index in [0.717, 1.165) is 24.3 Å². The molecule has 4 atom stereocenters. The Morgan fingerprint density at radius 3 is 2.11 bits per heavy atom. The Kier molecular flexibility index (Phi) is 6.76. The Morgan fingerprint density at radius 1 is 0.926 bits per heavy atom. The number of fused-ring (bicyclic) bond motifs is 5. The Labute approximate surface area is 166 Å². The van der Waals surface area contributed by atoms with E-state index in [9.17, 15) is 14.4 Å². The van der Waals surface area contributed by atoms with Gasteiger partial charge in [-0.05, 0) is 25.7 Å². The minimum absolute atomic E-state index is 0. The zero-order chi connectivity index (χ0) is 18.1. The van der Waals surface area contributed by atoms with Crippen molar-refractivity contribution < 1.29 is 19.1 Å². The van der Waals surface area contributed by atoms with Crippen LogP contribution in [0.2, 0.25) is 0 Å². The Hall–Kier alpha value is -1.18. The summed E-state index contributed by atoms with van der Waals surface area (Å²) in [5, 5.41) is 6.33. The van der Waals surface area contributed by atoms with Gasteiger partial charge in [0.2, 0.25) is 17.7 Å². The Morgan fingerprint density at radius 2 is 1.52 bits per heavy atom. The lowest BCUT2D eigenvalue weighted by molar-refractivity contribution is -0.145. The highest BCUT2D eigenvalue weighted by Gasteiger charge is 2.62. The van der Waals surface area contributed by atoms with E-state index in [1.165, 1.54) is 38.5 Å². The van der Waals surface area contributed by atoms with Gasteiger partial charge in [-0.25, -0.2) is 0 Å². The zero-order valence-corrected chi connectivity index (χ0v) is 16.5. The van der Waals surface area contributed by atoms with E-state index in [4.69, 9.17) is 4.74 Å². The number of nitrogens with one attached hydrogen (secondary N) is 2. The smallest absolute Gasteiger partial charge is 0.240 e. The number of carbonyl (C=O) groups excluding carboxylic acids is 3. The maximum atomic E-state index is 12.5. The lowest BCUT2D eigenvalue weighted by Crippen LogP contribution is -2.44. The van der Waals surface area contributed by atoms with E-state index in [-0.39, 0.29) is 60.7 Å². The minimum Gasteiger partial charge on any atom is -0.373 e. The van der Waals surface area contributed by atoms with Crippen molar-refractivity contribution in [3.05, 3.63) is 0 Å². The van der Waals surface area contributed by atoms with Crippen LogP contribution >= 0.6 is 12.4 Å². The average Bonchev–Trinajstić information content (AvgIpc) is 3.23. The fourth-order valence-electron chi connectivity index (χ4n) is 5.09. The number of imide groups is 1.